The fraction of sp³-hybridized carbons (Fsp3) is 0. The van der Waals surface area contributed by atoms with Crippen LogP contribution in [0, 0.1) is 6.07 Å². The van der Waals surface area contributed by atoms with Gasteiger partial charge in [-0.1, -0.05) is 48.5 Å². The first-order valence-corrected chi connectivity index (χ1v) is 8.62. The second-order valence-electron chi connectivity index (χ2n) is 6.50. The first-order chi connectivity index (χ1) is 12.9. The Bertz CT molecular complexity index is 1430. The van der Waals surface area contributed by atoms with Crippen LogP contribution in [0.5, 0.6) is 0 Å². The Kier molecular flexibility index (Phi) is 2.64. The maximum Gasteiger partial charge on any atom is 0.144 e. The molecule has 0 bridgehead atoms. The molecule has 0 aliphatic carbocycles. The van der Waals surface area contributed by atoms with Gasteiger partial charge in [-0.05, 0) is 41.5 Å². The maximum absolute atomic E-state index is 5.98. The van der Waals surface area contributed by atoms with Gasteiger partial charge in [0.05, 0.1) is 0 Å². The smallest absolute Gasteiger partial charge is 0.144 e. The van der Waals surface area contributed by atoms with Gasteiger partial charge in [-0.2, -0.15) is 0 Å². The van der Waals surface area contributed by atoms with Gasteiger partial charge in [0.15, 0.2) is 0 Å². The van der Waals surface area contributed by atoms with Crippen LogP contribution in [-0.4, -0.2) is 0 Å². The van der Waals surface area contributed by atoms with Crippen molar-refractivity contribution in [3.8, 4) is 11.1 Å². The molecule has 0 unspecified atom stereocenters. The number of furan rings is 2. The zero-order valence-electron chi connectivity index (χ0n) is 13.8. The highest BCUT2D eigenvalue weighted by Gasteiger charge is 2.14. The van der Waals surface area contributed by atoms with E-state index < -0.39 is 0 Å². The number of fused-ring (bicyclic) bond motifs is 6. The largest absolute Gasteiger partial charge is 0.456 e. The minimum Gasteiger partial charge on any atom is -0.456 e. The molecule has 6 rings (SSSR count). The summed E-state index contributed by atoms with van der Waals surface area (Å²) in [5.41, 5.74) is 5.80. The molecule has 0 atom stereocenters. The molecule has 0 saturated heterocycles. The van der Waals surface area contributed by atoms with Crippen LogP contribution < -0.4 is 0 Å². The molecule has 2 nitrogen and oxygen atoms in total. The summed E-state index contributed by atoms with van der Waals surface area (Å²) in [5.74, 6) is 0. The molecule has 0 spiro atoms. The third kappa shape index (κ3) is 1.81. The topological polar surface area (TPSA) is 26.3 Å². The van der Waals surface area contributed by atoms with Crippen molar-refractivity contribution in [2.24, 2.45) is 0 Å². The summed E-state index contributed by atoms with van der Waals surface area (Å²) in [4.78, 5) is 0. The van der Waals surface area contributed by atoms with E-state index in [1.807, 2.05) is 42.5 Å². The normalized spacial score (nSPS) is 11.8. The molecule has 26 heavy (non-hydrogen) atoms. The molecule has 0 N–H and O–H groups in total. The van der Waals surface area contributed by atoms with Gasteiger partial charge in [-0.3, -0.25) is 0 Å². The van der Waals surface area contributed by atoms with Crippen LogP contribution in [0.15, 0.2) is 87.7 Å². The zero-order chi connectivity index (χ0) is 17.1. The predicted octanol–water partition coefficient (Wildman–Crippen LogP) is 6.95. The number of para-hydroxylation sites is 2. The van der Waals surface area contributed by atoms with Gasteiger partial charge in [-0.15, -0.1) is 0 Å². The number of rotatable bonds is 1. The monoisotopic (exact) mass is 333 g/mol. The van der Waals surface area contributed by atoms with Crippen LogP contribution in [0.4, 0.5) is 0 Å². The van der Waals surface area contributed by atoms with Crippen molar-refractivity contribution in [1.82, 2.24) is 0 Å². The average Bonchev–Trinajstić information content (AvgIpc) is 3.25. The van der Waals surface area contributed by atoms with E-state index in [1.54, 1.807) is 0 Å². The molecule has 121 valence electrons. The van der Waals surface area contributed by atoms with Crippen LogP contribution in [0.2, 0.25) is 0 Å². The quantitative estimate of drug-likeness (QED) is 0.325. The summed E-state index contributed by atoms with van der Waals surface area (Å²) in [6.07, 6.45) is 0. The van der Waals surface area contributed by atoms with E-state index >= 15 is 0 Å². The molecule has 2 aromatic heterocycles. The first-order valence-electron chi connectivity index (χ1n) is 8.62. The Morgan fingerprint density at radius 2 is 1.35 bits per heavy atom. The summed E-state index contributed by atoms with van der Waals surface area (Å²) in [6.45, 7) is 0. The molecule has 0 amide bonds. The molecule has 0 fully saturated rings. The van der Waals surface area contributed by atoms with Gasteiger partial charge in [-0.25, -0.2) is 0 Å². The van der Waals surface area contributed by atoms with Crippen molar-refractivity contribution in [1.29, 1.82) is 0 Å². The Hall–Kier alpha value is -3.52. The highest BCUT2D eigenvalue weighted by molar-refractivity contribution is 6.13. The zero-order valence-corrected chi connectivity index (χ0v) is 13.8. The van der Waals surface area contributed by atoms with Gasteiger partial charge in [0, 0.05) is 27.6 Å². The SMILES string of the molecule is [c]1ccc(-c2ccc3oc4ccccc4c3c2)c2c1oc1ccccc12. The molecular formula is C24H13O2. The highest BCUT2D eigenvalue weighted by atomic mass is 16.3. The summed E-state index contributed by atoms with van der Waals surface area (Å²) in [7, 11) is 0. The Morgan fingerprint density at radius 1 is 0.615 bits per heavy atom. The summed E-state index contributed by atoms with van der Waals surface area (Å²) >= 11 is 0. The highest BCUT2D eigenvalue weighted by Crippen LogP contribution is 2.38. The van der Waals surface area contributed by atoms with Crippen molar-refractivity contribution in [3.05, 3.63) is 84.9 Å². The molecule has 0 aliphatic heterocycles. The van der Waals surface area contributed by atoms with Crippen LogP contribution in [0.25, 0.3) is 55.0 Å². The minimum absolute atomic E-state index is 0.792. The number of hydrogen-bond donors (Lipinski definition) is 0. The van der Waals surface area contributed by atoms with Crippen molar-refractivity contribution in [3.63, 3.8) is 0 Å². The third-order valence-electron chi connectivity index (χ3n) is 5.02. The molecular weight excluding hydrogens is 320 g/mol. The molecule has 0 aliphatic rings. The van der Waals surface area contributed by atoms with E-state index in [-0.39, 0.29) is 0 Å². The van der Waals surface area contributed by atoms with E-state index in [9.17, 15) is 0 Å². The minimum atomic E-state index is 0.792. The number of hydrogen-bond acceptors (Lipinski definition) is 2. The molecule has 4 aromatic carbocycles. The lowest BCUT2D eigenvalue weighted by Crippen LogP contribution is -1.80. The predicted molar refractivity (Wildman–Crippen MR) is 105 cm³/mol. The molecule has 0 saturated carbocycles. The maximum atomic E-state index is 5.98. The molecule has 2 heteroatoms. The van der Waals surface area contributed by atoms with Crippen LogP contribution in [0.3, 0.4) is 0 Å². The second kappa shape index (κ2) is 4.99. The van der Waals surface area contributed by atoms with E-state index in [0.717, 1.165) is 55.0 Å². The Labute approximate surface area is 149 Å². The Morgan fingerprint density at radius 3 is 2.23 bits per heavy atom. The van der Waals surface area contributed by atoms with Crippen LogP contribution >= 0.6 is 0 Å². The van der Waals surface area contributed by atoms with E-state index in [4.69, 9.17) is 8.83 Å². The average molecular weight is 333 g/mol. The Balaban J connectivity index is 1.71. The molecule has 2 heterocycles. The van der Waals surface area contributed by atoms with Crippen molar-refractivity contribution in [2.45, 2.75) is 0 Å². The lowest BCUT2D eigenvalue weighted by molar-refractivity contribution is 0.668. The van der Waals surface area contributed by atoms with E-state index in [0.29, 0.717) is 0 Å². The lowest BCUT2D eigenvalue weighted by atomic mass is 9.98. The van der Waals surface area contributed by atoms with Gasteiger partial charge >= 0.3 is 0 Å². The fourth-order valence-electron chi connectivity index (χ4n) is 3.83. The van der Waals surface area contributed by atoms with Crippen LogP contribution in [0.1, 0.15) is 0 Å². The van der Waals surface area contributed by atoms with Crippen molar-refractivity contribution < 1.29 is 8.83 Å². The van der Waals surface area contributed by atoms with E-state index in [1.165, 1.54) is 0 Å². The summed E-state index contributed by atoms with van der Waals surface area (Å²) < 4.78 is 11.9. The van der Waals surface area contributed by atoms with Crippen LogP contribution in [-0.2, 0) is 0 Å². The standard InChI is InChI=1S/C24H13O2/c1-3-9-20-17(6-1)19-14-15(12-13-22(19)25-20)16-8-5-11-23-24(16)18-7-2-4-10-21(18)26-23/h1-10,12-14H. The van der Waals surface area contributed by atoms with E-state index in [2.05, 4.69) is 42.5 Å². The van der Waals surface area contributed by atoms with Gasteiger partial charge in [0.1, 0.15) is 22.3 Å². The fourth-order valence-corrected chi connectivity index (χ4v) is 3.83. The first kappa shape index (κ1) is 13.7. The van der Waals surface area contributed by atoms with Gasteiger partial charge < -0.3 is 8.83 Å². The third-order valence-corrected chi connectivity index (χ3v) is 5.02. The van der Waals surface area contributed by atoms with Crippen molar-refractivity contribution in [2.75, 3.05) is 0 Å². The summed E-state index contributed by atoms with van der Waals surface area (Å²) in [6, 6.07) is 29.9. The second-order valence-corrected chi connectivity index (χ2v) is 6.50. The summed E-state index contributed by atoms with van der Waals surface area (Å²) in [5, 5.41) is 4.49. The molecule has 6 aromatic rings. The lowest BCUT2D eigenvalue weighted by Gasteiger charge is -2.04. The molecule has 1 radical (unpaired) electrons. The van der Waals surface area contributed by atoms with Crippen molar-refractivity contribution >= 4 is 43.9 Å². The number of benzene rings is 4. The van der Waals surface area contributed by atoms with Gasteiger partial charge in [0.2, 0.25) is 0 Å². The van der Waals surface area contributed by atoms with Gasteiger partial charge in [0.25, 0.3) is 0 Å².